The van der Waals surface area contributed by atoms with E-state index in [1.54, 1.807) is 0 Å². The molecule has 0 aliphatic carbocycles. The fraction of sp³-hybridized carbons (Fsp3) is 0. The second-order valence-electron chi connectivity index (χ2n) is 0. The second-order valence-corrected chi connectivity index (χ2v) is 0. The molecule has 0 aliphatic heterocycles. The minimum atomic E-state index is 0. The molecule has 0 saturated heterocycles. The van der Waals surface area contributed by atoms with Crippen molar-refractivity contribution in [1.29, 1.82) is 0 Å². The van der Waals surface area contributed by atoms with Gasteiger partial charge in [0.05, 0.1) is 0 Å². The fourth-order valence-corrected chi connectivity index (χ4v) is 0. The van der Waals surface area contributed by atoms with E-state index in [1.807, 2.05) is 0 Å². The van der Waals surface area contributed by atoms with Gasteiger partial charge in [-0.3, -0.25) is 0 Å². The van der Waals surface area contributed by atoms with E-state index in [0.717, 1.165) is 0 Å². The number of rotatable bonds is 0. The number of hydrogen-bond donors (Lipinski definition) is 0. The quantitative estimate of drug-likeness (QED) is 0.536. The molecule has 0 unspecified atom stereocenters. The Labute approximate surface area is 67.6 Å². The molecule has 0 fully saturated rings. The van der Waals surface area contributed by atoms with Crippen LogP contribution in [0.25, 0.3) is 0 Å². The van der Waals surface area contributed by atoms with Gasteiger partial charge >= 0.3 is 23.1 Å². The third-order valence-electron chi connectivity index (χ3n) is 0. The molecule has 1 N–H and O–H groups in total. The Hall–Kier alpha value is 2.00. The molecule has 0 saturated carbocycles. The first-order valence-corrected chi connectivity index (χ1v) is 0. The summed E-state index contributed by atoms with van der Waals surface area (Å²) in [5.41, 5.74) is 0. The van der Waals surface area contributed by atoms with Crippen molar-refractivity contribution < 1.29 is 45.2 Å². The molecule has 0 aromatic rings. The SMILES string of the molecule is [Au].[Cr].[MgH+].[OH-]. The van der Waals surface area contributed by atoms with Crippen molar-refractivity contribution in [3.05, 3.63) is 0 Å². The summed E-state index contributed by atoms with van der Waals surface area (Å²) in [7, 11) is 0. The van der Waals surface area contributed by atoms with Crippen molar-refractivity contribution in [3.8, 4) is 0 Å². The Bertz CT molecular complexity index is 8.00. The van der Waals surface area contributed by atoms with Crippen LogP contribution in [0.3, 0.4) is 0 Å². The van der Waals surface area contributed by atoms with Gasteiger partial charge in [-0.15, -0.1) is 0 Å². The molecular weight excluding hydrogens is 289 g/mol. The second kappa shape index (κ2) is 20.0. The maximum atomic E-state index is 0. The first-order chi connectivity index (χ1) is 0. The van der Waals surface area contributed by atoms with Gasteiger partial charge in [0, 0.05) is 39.7 Å². The third-order valence-corrected chi connectivity index (χ3v) is 0. The zero-order valence-electron chi connectivity index (χ0n) is 2.16. The average molecular weight is 291 g/mol. The van der Waals surface area contributed by atoms with E-state index in [0.29, 0.717) is 0 Å². The maximum Gasteiger partial charge on any atom is -0.870 e. The Morgan fingerprint density at radius 1 is 1.00 bits per heavy atom. The molecule has 27 valence electrons. The Kier molecular flexibility index (Phi) is 188. The van der Waals surface area contributed by atoms with Crippen LogP contribution in [0.15, 0.2) is 0 Å². The Morgan fingerprint density at radius 2 is 1.00 bits per heavy atom. The summed E-state index contributed by atoms with van der Waals surface area (Å²) in [4.78, 5) is 0. The fourth-order valence-electron chi connectivity index (χ4n) is 0. The van der Waals surface area contributed by atoms with Crippen LogP contribution in [0.4, 0.5) is 0 Å². The molecule has 0 aromatic carbocycles. The molecule has 1 radical (unpaired) electrons. The Morgan fingerprint density at radius 3 is 1.00 bits per heavy atom. The van der Waals surface area contributed by atoms with E-state index < -0.39 is 0 Å². The van der Waals surface area contributed by atoms with Crippen molar-refractivity contribution in [2.24, 2.45) is 0 Å². The van der Waals surface area contributed by atoms with E-state index in [1.165, 1.54) is 0 Å². The standard InChI is InChI=1S/Au.Cr.Mg.H2O.H/h;;;1H2;/q;;+1;;/p-1. The minimum absolute atomic E-state index is 0. The molecule has 0 atom stereocenters. The predicted octanol–water partition coefficient (Wildman–Crippen LogP) is -0.830. The van der Waals surface area contributed by atoms with Crippen LogP contribution in [0, 0.1) is 0 Å². The van der Waals surface area contributed by atoms with Crippen LogP contribution in [0.5, 0.6) is 0 Å². The summed E-state index contributed by atoms with van der Waals surface area (Å²) < 4.78 is 0. The summed E-state index contributed by atoms with van der Waals surface area (Å²) in [6.45, 7) is 0. The summed E-state index contributed by atoms with van der Waals surface area (Å²) >= 11 is 0. The van der Waals surface area contributed by atoms with Crippen molar-refractivity contribution in [1.82, 2.24) is 0 Å². The van der Waals surface area contributed by atoms with Gasteiger partial charge in [-0.05, 0) is 0 Å². The number of hydrogen-bond acceptors (Lipinski definition) is 1. The molecule has 0 aromatic heterocycles. The summed E-state index contributed by atoms with van der Waals surface area (Å²) in [6, 6.07) is 0. The normalized spacial score (nSPS) is 0. The molecule has 0 amide bonds. The van der Waals surface area contributed by atoms with Crippen LogP contribution >= 0.6 is 0 Å². The monoisotopic (exact) mass is 291 g/mol. The molecule has 0 rings (SSSR count). The van der Waals surface area contributed by atoms with Gasteiger partial charge in [0.25, 0.3) is 0 Å². The van der Waals surface area contributed by atoms with Crippen LogP contribution < -0.4 is 0 Å². The van der Waals surface area contributed by atoms with Gasteiger partial charge in [0.15, 0.2) is 0 Å². The molecule has 0 bridgehead atoms. The van der Waals surface area contributed by atoms with Gasteiger partial charge in [-0.25, -0.2) is 0 Å². The van der Waals surface area contributed by atoms with Crippen molar-refractivity contribution in [2.75, 3.05) is 0 Å². The third kappa shape index (κ3) is 9.00. The maximum absolute atomic E-state index is 0. The van der Waals surface area contributed by atoms with Gasteiger partial charge in [-0.1, -0.05) is 0 Å². The van der Waals surface area contributed by atoms with Crippen molar-refractivity contribution in [3.63, 3.8) is 0 Å². The van der Waals surface area contributed by atoms with Crippen molar-refractivity contribution in [2.45, 2.75) is 0 Å². The van der Waals surface area contributed by atoms with Crippen LogP contribution in [0.1, 0.15) is 0 Å². The summed E-state index contributed by atoms with van der Waals surface area (Å²) in [6.07, 6.45) is 0. The molecular formula is H2AuCrMgO. The first-order valence-electron chi connectivity index (χ1n) is 0. The van der Waals surface area contributed by atoms with Crippen molar-refractivity contribution >= 4 is 23.1 Å². The van der Waals surface area contributed by atoms with E-state index in [-0.39, 0.29) is 68.3 Å². The smallest absolute Gasteiger partial charge is 0.870 e. The molecule has 0 spiro atoms. The zero-order valence-corrected chi connectivity index (χ0v) is 7.60. The van der Waals surface area contributed by atoms with Crippen LogP contribution in [-0.4, -0.2) is 28.5 Å². The van der Waals surface area contributed by atoms with Crippen LogP contribution in [-0.2, 0) is 39.7 Å². The van der Waals surface area contributed by atoms with E-state index in [4.69, 9.17) is 0 Å². The average Bonchev–Trinajstić information content (AvgIpc) is 0. The molecule has 0 heterocycles. The summed E-state index contributed by atoms with van der Waals surface area (Å²) in [5.74, 6) is 0. The Balaban J connectivity index is 0. The molecule has 1 nitrogen and oxygen atoms in total. The van der Waals surface area contributed by atoms with Crippen LogP contribution in [0.2, 0.25) is 0 Å². The van der Waals surface area contributed by atoms with E-state index >= 15 is 0 Å². The minimum Gasteiger partial charge on any atom is -0.870 e. The van der Waals surface area contributed by atoms with Gasteiger partial charge < -0.3 is 5.48 Å². The van der Waals surface area contributed by atoms with Gasteiger partial charge in [-0.2, -0.15) is 0 Å². The largest absolute Gasteiger partial charge is 0.870 e. The molecule has 0 aliphatic rings. The molecule has 4 heteroatoms. The van der Waals surface area contributed by atoms with Gasteiger partial charge in [0.2, 0.25) is 0 Å². The predicted molar refractivity (Wildman–Crippen MR) is 9.08 cm³/mol. The molecule has 4 heavy (non-hydrogen) atoms. The zero-order chi connectivity index (χ0) is 0. The topological polar surface area (TPSA) is 30.0 Å². The van der Waals surface area contributed by atoms with E-state index in [2.05, 4.69) is 0 Å². The summed E-state index contributed by atoms with van der Waals surface area (Å²) in [5, 5.41) is 0. The van der Waals surface area contributed by atoms with Gasteiger partial charge in [0.1, 0.15) is 0 Å². The van der Waals surface area contributed by atoms with E-state index in [9.17, 15) is 0 Å². The first kappa shape index (κ1) is 37.5.